The molecule has 1 aliphatic rings. The van der Waals surface area contributed by atoms with Gasteiger partial charge in [-0.3, -0.25) is 23.9 Å². The van der Waals surface area contributed by atoms with Gasteiger partial charge in [0.15, 0.2) is 6.23 Å². The number of nitrogens with zero attached hydrogens (tertiary/aromatic N) is 1. The maximum absolute atomic E-state index is 12.0. The van der Waals surface area contributed by atoms with Crippen LogP contribution in [0.4, 0.5) is 0 Å². The van der Waals surface area contributed by atoms with Crippen LogP contribution in [0.2, 0.25) is 0 Å². The average molecular weight is 419 g/mol. The number of rotatable bonds is 6. The van der Waals surface area contributed by atoms with Crippen molar-refractivity contribution in [3.63, 3.8) is 0 Å². The first-order chi connectivity index (χ1) is 11.9. The van der Waals surface area contributed by atoms with Crippen molar-refractivity contribution in [3.8, 4) is 0 Å². The van der Waals surface area contributed by atoms with E-state index in [4.69, 9.17) is 14.2 Å². The summed E-state index contributed by atoms with van der Waals surface area (Å²) in [5, 5.41) is 0. The Bertz CT molecular complexity index is 744. The number of aromatic amines is 1. The first-order valence-electron chi connectivity index (χ1n) is 7.83. The van der Waals surface area contributed by atoms with E-state index < -0.39 is 46.5 Å². The maximum Gasteiger partial charge on any atom is 0.330 e. The number of aromatic nitrogens is 2. The number of carbonyl (C=O) groups is 2. The van der Waals surface area contributed by atoms with Gasteiger partial charge in [-0.2, -0.15) is 0 Å². The fourth-order valence-electron chi connectivity index (χ4n) is 2.33. The lowest BCUT2D eigenvalue weighted by Crippen LogP contribution is -2.37. The van der Waals surface area contributed by atoms with E-state index in [0.29, 0.717) is 0 Å². The Hall–Kier alpha value is -1.94. The van der Waals surface area contributed by atoms with E-state index in [9.17, 15) is 19.2 Å². The second-order valence-corrected chi connectivity index (χ2v) is 6.43. The molecule has 1 aromatic heterocycles. The second kappa shape index (κ2) is 8.43. The highest BCUT2D eigenvalue weighted by molar-refractivity contribution is 9.09. The molecule has 1 saturated heterocycles. The molecule has 138 valence electrons. The summed E-state index contributed by atoms with van der Waals surface area (Å²) in [6.07, 6.45) is -0.697. The van der Waals surface area contributed by atoms with Gasteiger partial charge in [-0.15, -0.1) is 0 Å². The van der Waals surface area contributed by atoms with Crippen molar-refractivity contribution in [1.29, 1.82) is 0 Å². The van der Waals surface area contributed by atoms with Crippen molar-refractivity contribution >= 4 is 27.9 Å². The lowest BCUT2D eigenvalue weighted by atomic mass is 10.2. The number of nitrogens with one attached hydrogen (secondary N) is 1. The monoisotopic (exact) mass is 418 g/mol. The van der Waals surface area contributed by atoms with Crippen molar-refractivity contribution < 1.29 is 23.8 Å². The number of hydrogen-bond donors (Lipinski definition) is 1. The second-order valence-electron chi connectivity index (χ2n) is 5.37. The molecule has 9 nitrogen and oxygen atoms in total. The summed E-state index contributed by atoms with van der Waals surface area (Å²) in [4.78, 5) is 47.8. The van der Waals surface area contributed by atoms with Gasteiger partial charge in [0.25, 0.3) is 5.56 Å². The van der Waals surface area contributed by atoms with E-state index in [0.717, 1.165) is 0 Å². The van der Waals surface area contributed by atoms with E-state index in [-0.39, 0.29) is 19.4 Å². The molecule has 1 N–H and O–H groups in total. The number of halogens is 1. The van der Waals surface area contributed by atoms with Gasteiger partial charge in [-0.05, 0) is 0 Å². The predicted molar refractivity (Wildman–Crippen MR) is 89.4 cm³/mol. The molecule has 2 heterocycles. The lowest BCUT2D eigenvalue weighted by molar-refractivity contribution is -0.157. The van der Waals surface area contributed by atoms with Gasteiger partial charge < -0.3 is 14.2 Å². The molecule has 1 aromatic rings. The van der Waals surface area contributed by atoms with E-state index in [1.807, 2.05) is 0 Å². The Kier molecular flexibility index (Phi) is 6.54. The van der Waals surface area contributed by atoms with Crippen LogP contribution >= 0.6 is 15.9 Å². The fourth-order valence-corrected chi connectivity index (χ4v) is 3.16. The van der Waals surface area contributed by atoms with Crippen LogP contribution in [0, 0.1) is 0 Å². The van der Waals surface area contributed by atoms with Gasteiger partial charge in [0, 0.05) is 25.1 Å². The van der Waals surface area contributed by atoms with Crippen molar-refractivity contribution in [3.05, 3.63) is 33.1 Å². The number of H-pyrrole nitrogens is 1. The molecule has 2 rings (SSSR count). The van der Waals surface area contributed by atoms with Gasteiger partial charge in [0.05, 0.1) is 4.83 Å². The SMILES string of the molecule is CCC(=O)OC[C@@H]1O[C@H](n2ccc(=O)[nH]c2=O)[C@@H](Br)[C@H]1OC(=O)CC. The van der Waals surface area contributed by atoms with Crippen LogP contribution in [0.15, 0.2) is 21.9 Å². The zero-order valence-corrected chi connectivity index (χ0v) is 15.4. The third kappa shape index (κ3) is 4.57. The third-order valence-electron chi connectivity index (χ3n) is 3.65. The third-order valence-corrected chi connectivity index (χ3v) is 4.62. The minimum absolute atomic E-state index is 0.120. The molecule has 0 spiro atoms. The molecule has 0 saturated carbocycles. The summed E-state index contributed by atoms with van der Waals surface area (Å²) in [5.41, 5.74) is -1.19. The van der Waals surface area contributed by atoms with Gasteiger partial charge in [-0.1, -0.05) is 29.8 Å². The summed E-state index contributed by atoms with van der Waals surface area (Å²) in [6, 6.07) is 1.18. The fraction of sp³-hybridized carbons (Fsp3) is 0.600. The minimum Gasteiger partial charge on any atom is -0.463 e. The van der Waals surface area contributed by atoms with Crippen LogP contribution in [0.25, 0.3) is 0 Å². The molecule has 4 atom stereocenters. The smallest absolute Gasteiger partial charge is 0.330 e. The largest absolute Gasteiger partial charge is 0.463 e. The van der Waals surface area contributed by atoms with Gasteiger partial charge >= 0.3 is 17.6 Å². The molecule has 1 fully saturated rings. The van der Waals surface area contributed by atoms with Gasteiger partial charge in [-0.25, -0.2) is 4.79 Å². The van der Waals surface area contributed by atoms with Crippen LogP contribution in [0.3, 0.4) is 0 Å². The van der Waals surface area contributed by atoms with Crippen molar-refractivity contribution in [1.82, 2.24) is 9.55 Å². The van der Waals surface area contributed by atoms with Crippen LogP contribution < -0.4 is 11.2 Å². The molecule has 0 aliphatic carbocycles. The van der Waals surface area contributed by atoms with E-state index in [1.165, 1.54) is 16.8 Å². The summed E-state index contributed by atoms with van der Waals surface area (Å²) in [7, 11) is 0. The Morgan fingerprint density at radius 3 is 2.56 bits per heavy atom. The first-order valence-corrected chi connectivity index (χ1v) is 8.75. The molecule has 0 unspecified atom stereocenters. The van der Waals surface area contributed by atoms with Crippen molar-refractivity contribution in [2.45, 2.75) is 50.0 Å². The molecule has 0 radical (unpaired) electrons. The molecule has 0 aromatic carbocycles. The Balaban J connectivity index is 2.25. The first kappa shape index (κ1) is 19.4. The number of alkyl halides is 1. The zero-order valence-electron chi connectivity index (χ0n) is 13.8. The molecule has 0 amide bonds. The summed E-state index contributed by atoms with van der Waals surface area (Å²) in [6.45, 7) is 3.19. The standard InChI is InChI=1S/C15H19BrN2O7/c1-3-10(20)23-7-8-13(25-11(21)4-2)12(16)14(24-8)18-6-5-9(19)17-15(18)22/h5-6,8,12-14H,3-4,7H2,1-2H3,(H,17,19,22)/t8-,12-,13-,14-/m0/s1. The van der Waals surface area contributed by atoms with Crippen LogP contribution in [0.5, 0.6) is 0 Å². The van der Waals surface area contributed by atoms with E-state index in [2.05, 4.69) is 20.9 Å². The number of esters is 2. The molecular formula is C15H19BrN2O7. The van der Waals surface area contributed by atoms with E-state index >= 15 is 0 Å². The summed E-state index contributed by atoms with van der Waals surface area (Å²) < 4.78 is 17.4. The Morgan fingerprint density at radius 2 is 1.96 bits per heavy atom. The molecule has 10 heteroatoms. The van der Waals surface area contributed by atoms with Crippen LogP contribution in [0.1, 0.15) is 32.9 Å². The highest BCUT2D eigenvalue weighted by Gasteiger charge is 2.47. The topological polar surface area (TPSA) is 117 Å². The highest BCUT2D eigenvalue weighted by atomic mass is 79.9. The quantitative estimate of drug-likeness (QED) is 0.526. The minimum atomic E-state index is -0.843. The molecule has 0 bridgehead atoms. The molecular weight excluding hydrogens is 400 g/mol. The van der Waals surface area contributed by atoms with E-state index in [1.54, 1.807) is 13.8 Å². The number of carbonyl (C=O) groups excluding carboxylic acids is 2. The number of ether oxygens (including phenoxy) is 3. The predicted octanol–water partition coefficient (Wildman–Crippen LogP) is 0.472. The molecule has 25 heavy (non-hydrogen) atoms. The normalized spacial score (nSPS) is 25.6. The summed E-state index contributed by atoms with van der Waals surface area (Å²) >= 11 is 3.39. The Labute approximate surface area is 151 Å². The van der Waals surface area contributed by atoms with Crippen LogP contribution in [-0.4, -0.2) is 45.1 Å². The van der Waals surface area contributed by atoms with Crippen molar-refractivity contribution in [2.24, 2.45) is 0 Å². The number of hydrogen-bond acceptors (Lipinski definition) is 7. The summed E-state index contributed by atoms with van der Waals surface area (Å²) in [5.74, 6) is -0.862. The van der Waals surface area contributed by atoms with Gasteiger partial charge in [0.1, 0.15) is 18.8 Å². The Morgan fingerprint density at radius 1 is 1.28 bits per heavy atom. The van der Waals surface area contributed by atoms with Crippen molar-refractivity contribution in [2.75, 3.05) is 6.61 Å². The average Bonchev–Trinajstić information content (AvgIpc) is 2.88. The maximum atomic E-state index is 12.0. The van der Waals surface area contributed by atoms with Crippen LogP contribution in [-0.2, 0) is 23.8 Å². The lowest BCUT2D eigenvalue weighted by Gasteiger charge is -2.20. The molecule has 1 aliphatic heterocycles. The zero-order chi connectivity index (χ0) is 18.6. The van der Waals surface area contributed by atoms with Gasteiger partial charge in [0.2, 0.25) is 0 Å². The highest BCUT2D eigenvalue weighted by Crippen LogP contribution is 2.36.